The molecule has 2 heterocycles. The fraction of sp³-hybridized carbons (Fsp3) is 0.562. The lowest BCUT2D eigenvalue weighted by molar-refractivity contribution is -0.119. The molecule has 3 heteroatoms. The Labute approximate surface area is 115 Å². The number of aryl methyl sites for hydroxylation is 2. The SMILES string of the molecule is Cc1ccc2c(c1)N(C(=O)CC1CCCN1)CCC2. The molecule has 19 heavy (non-hydrogen) atoms. The van der Waals surface area contributed by atoms with Gasteiger partial charge in [-0.1, -0.05) is 12.1 Å². The number of hydrogen-bond acceptors (Lipinski definition) is 2. The van der Waals surface area contributed by atoms with Gasteiger partial charge >= 0.3 is 0 Å². The van der Waals surface area contributed by atoms with Gasteiger partial charge in [-0.2, -0.15) is 0 Å². The number of nitrogens with zero attached hydrogens (tertiary/aromatic N) is 1. The quantitative estimate of drug-likeness (QED) is 0.883. The lowest BCUT2D eigenvalue weighted by atomic mass is 9.99. The summed E-state index contributed by atoms with van der Waals surface area (Å²) in [7, 11) is 0. The molecular weight excluding hydrogens is 236 g/mol. The zero-order valence-electron chi connectivity index (χ0n) is 11.6. The maximum absolute atomic E-state index is 12.5. The molecule has 2 aliphatic rings. The van der Waals surface area contributed by atoms with Crippen LogP contribution in [0, 0.1) is 6.92 Å². The Kier molecular flexibility index (Phi) is 3.56. The van der Waals surface area contributed by atoms with Crippen molar-refractivity contribution in [3.63, 3.8) is 0 Å². The van der Waals surface area contributed by atoms with Crippen LogP contribution in [0.4, 0.5) is 5.69 Å². The molecule has 0 radical (unpaired) electrons. The first-order chi connectivity index (χ1) is 9.24. The van der Waals surface area contributed by atoms with Crippen LogP contribution in [0.5, 0.6) is 0 Å². The third-order valence-corrected chi connectivity index (χ3v) is 4.24. The fourth-order valence-corrected chi connectivity index (χ4v) is 3.20. The fourth-order valence-electron chi connectivity index (χ4n) is 3.20. The Morgan fingerprint density at radius 2 is 2.32 bits per heavy atom. The first kappa shape index (κ1) is 12.7. The first-order valence-corrected chi connectivity index (χ1v) is 7.37. The Morgan fingerprint density at radius 1 is 1.42 bits per heavy atom. The maximum atomic E-state index is 12.5. The maximum Gasteiger partial charge on any atom is 0.228 e. The average Bonchev–Trinajstić information content (AvgIpc) is 2.90. The molecule has 1 aromatic carbocycles. The summed E-state index contributed by atoms with van der Waals surface area (Å²) < 4.78 is 0. The van der Waals surface area contributed by atoms with Crippen molar-refractivity contribution < 1.29 is 4.79 Å². The Hall–Kier alpha value is -1.35. The smallest absolute Gasteiger partial charge is 0.228 e. The van der Waals surface area contributed by atoms with Crippen LogP contribution in [0.1, 0.15) is 36.8 Å². The van der Waals surface area contributed by atoms with Gasteiger partial charge in [0.2, 0.25) is 5.91 Å². The van der Waals surface area contributed by atoms with Crippen LogP contribution in [0.3, 0.4) is 0 Å². The first-order valence-electron chi connectivity index (χ1n) is 7.37. The second-order valence-electron chi connectivity index (χ2n) is 5.78. The van der Waals surface area contributed by atoms with Gasteiger partial charge in [0.25, 0.3) is 0 Å². The Bertz CT molecular complexity index is 478. The van der Waals surface area contributed by atoms with E-state index >= 15 is 0 Å². The van der Waals surface area contributed by atoms with Crippen LogP contribution in [-0.2, 0) is 11.2 Å². The topological polar surface area (TPSA) is 32.3 Å². The Balaban J connectivity index is 1.78. The molecule has 0 aliphatic carbocycles. The van der Waals surface area contributed by atoms with E-state index in [1.807, 2.05) is 4.90 Å². The molecule has 1 unspecified atom stereocenters. The molecule has 3 rings (SSSR count). The summed E-state index contributed by atoms with van der Waals surface area (Å²) in [6.45, 7) is 4.03. The van der Waals surface area contributed by atoms with Gasteiger partial charge in [0.15, 0.2) is 0 Å². The van der Waals surface area contributed by atoms with Crippen LogP contribution in [0.15, 0.2) is 18.2 Å². The third kappa shape index (κ3) is 2.66. The van der Waals surface area contributed by atoms with Crippen molar-refractivity contribution in [2.45, 2.75) is 45.1 Å². The highest BCUT2D eigenvalue weighted by Crippen LogP contribution is 2.29. The van der Waals surface area contributed by atoms with Gasteiger partial charge in [-0.3, -0.25) is 4.79 Å². The van der Waals surface area contributed by atoms with Crippen molar-refractivity contribution in [2.75, 3.05) is 18.0 Å². The van der Waals surface area contributed by atoms with Crippen molar-refractivity contribution in [1.29, 1.82) is 0 Å². The molecule has 1 N–H and O–H groups in total. The molecular formula is C16H22N2O. The second-order valence-corrected chi connectivity index (χ2v) is 5.78. The van der Waals surface area contributed by atoms with Gasteiger partial charge in [-0.15, -0.1) is 0 Å². The third-order valence-electron chi connectivity index (χ3n) is 4.24. The largest absolute Gasteiger partial charge is 0.313 e. The highest BCUT2D eigenvalue weighted by atomic mass is 16.2. The number of anilines is 1. The van der Waals surface area contributed by atoms with E-state index in [0.717, 1.165) is 38.0 Å². The lowest BCUT2D eigenvalue weighted by Crippen LogP contribution is -2.39. The number of carbonyl (C=O) groups is 1. The van der Waals surface area contributed by atoms with E-state index in [1.165, 1.54) is 17.5 Å². The molecule has 0 spiro atoms. The molecule has 0 aromatic heterocycles. The van der Waals surface area contributed by atoms with Crippen LogP contribution in [0.2, 0.25) is 0 Å². The lowest BCUT2D eigenvalue weighted by Gasteiger charge is -2.30. The van der Waals surface area contributed by atoms with Gasteiger partial charge < -0.3 is 10.2 Å². The summed E-state index contributed by atoms with van der Waals surface area (Å²) in [6, 6.07) is 6.88. The average molecular weight is 258 g/mol. The van der Waals surface area contributed by atoms with Crippen molar-refractivity contribution in [1.82, 2.24) is 5.32 Å². The van der Waals surface area contributed by atoms with Gasteiger partial charge in [-0.25, -0.2) is 0 Å². The summed E-state index contributed by atoms with van der Waals surface area (Å²) in [4.78, 5) is 14.5. The van der Waals surface area contributed by atoms with Crippen LogP contribution in [-0.4, -0.2) is 25.0 Å². The highest BCUT2D eigenvalue weighted by molar-refractivity contribution is 5.95. The van der Waals surface area contributed by atoms with Crippen molar-refractivity contribution >= 4 is 11.6 Å². The molecule has 1 saturated heterocycles. The van der Waals surface area contributed by atoms with Crippen LogP contribution in [0.25, 0.3) is 0 Å². The number of hydrogen-bond donors (Lipinski definition) is 1. The molecule has 2 aliphatic heterocycles. The summed E-state index contributed by atoms with van der Waals surface area (Å²) in [5.74, 6) is 0.283. The molecule has 0 bridgehead atoms. The van der Waals surface area contributed by atoms with Crippen molar-refractivity contribution in [3.8, 4) is 0 Å². The predicted molar refractivity (Wildman–Crippen MR) is 77.5 cm³/mol. The minimum absolute atomic E-state index is 0.283. The number of nitrogens with one attached hydrogen (secondary N) is 1. The van der Waals surface area contributed by atoms with Crippen LogP contribution >= 0.6 is 0 Å². The molecule has 0 saturated carbocycles. The minimum Gasteiger partial charge on any atom is -0.313 e. The van der Waals surface area contributed by atoms with Crippen molar-refractivity contribution in [2.24, 2.45) is 0 Å². The number of rotatable bonds is 2. The van der Waals surface area contributed by atoms with Gasteiger partial charge in [0.1, 0.15) is 0 Å². The van der Waals surface area contributed by atoms with Crippen LogP contribution < -0.4 is 10.2 Å². The highest BCUT2D eigenvalue weighted by Gasteiger charge is 2.25. The summed E-state index contributed by atoms with van der Waals surface area (Å²) in [5.41, 5.74) is 3.70. The monoisotopic (exact) mass is 258 g/mol. The normalized spacial score (nSPS) is 22.4. The van der Waals surface area contributed by atoms with Gasteiger partial charge in [-0.05, 0) is 56.3 Å². The van der Waals surface area contributed by atoms with E-state index in [9.17, 15) is 4.79 Å². The molecule has 1 fully saturated rings. The predicted octanol–water partition coefficient (Wildman–Crippen LogP) is 2.42. The minimum atomic E-state index is 0.283. The number of fused-ring (bicyclic) bond motifs is 1. The summed E-state index contributed by atoms with van der Waals surface area (Å²) >= 11 is 0. The van der Waals surface area contributed by atoms with E-state index in [2.05, 4.69) is 30.4 Å². The summed E-state index contributed by atoms with van der Waals surface area (Å²) in [6.07, 6.45) is 5.17. The van der Waals surface area contributed by atoms with E-state index in [4.69, 9.17) is 0 Å². The molecule has 1 amide bonds. The van der Waals surface area contributed by atoms with Crippen molar-refractivity contribution in [3.05, 3.63) is 29.3 Å². The molecule has 3 nitrogen and oxygen atoms in total. The summed E-state index contributed by atoms with van der Waals surface area (Å²) in [5, 5.41) is 3.41. The van der Waals surface area contributed by atoms with E-state index < -0.39 is 0 Å². The molecule has 102 valence electrons. The van der Waals surface area contributed by atoms with E-state index in [-0.39, 0.29) is 5.91 Å². The van der Waals surface area contributed by atoms with E-state index in [1.54, 1.807) is 0 Å². The number of amides is 1. The van der Waals surface area contributed by atoms with Gasteiger partial charge in [0, 0.05) is 24.7 Å². The molecule has 1 atom stereocenters. The van der Waals surface area contributed by atoms with E-state index in [0.29, 0.717) is 12.5 Å². The number of carbonyl (C=O) groups excluding carboxylic acids is 1. The van der Waals surface area contributed by atoms with Gasteiger partial charge in [0.05, 0.1) is 0 Å². The number of benzene rings is 1. The molecule has 1 aromatic rings. The Morgan fingerprint density at radius 3 is 3.11 bits per heavy atom. The standard InChI is InChI=1S/C16H22N2O/c1-12-6-7-13-4-3-9-18(15(13)10-12)16(19)11-14-5-2-8-17-14/h6-7,10,14,17H,2-5,8-9,11H2,1H3. The second kappa shape index (κ2) is 5.33. The zero-order chi connectivity index (χ0) is 13.2. The zero-order valence-corrected chi connectivity index (χ0v) is 11.6.